The van der Waals surface area contributed by atoms with Crippen molar-refractivity contribution >= 4 is 50.6 Å². The number of carbonyl (C=O) groups is 1. The predicted molar refractivity (Wildman–Crippen MR) is 118 cm³/mol. The van der Waals surface area contributed by atoms with Gasteiger partial charge in [-0.15, -0.1) is 0 Å². The van der Waals surface area contributed by atoms with E-state index >= 15 is 0 Å². The maximum atomic E-state index is 12.8. The molecule has 0 atom stereocenters. The van der Waals surface area contributed by atoms with Gasteiger partial charge in [0.1, 0.15) is 22.8 Å². The van der Waals surface area contributed by atoms with E-state index < -0.39 is 0 Å². The first-order valence-corrected chi connectivity index (χ1v) is 10.5. The van der Waals surface area contributed by atoms with Crippen LogP contribution in [0.15, 0.2) is 36.9 Å². The Hall–Kier alpha value is -3.53. The van der Waals surface area contributed by atoms with Crippen molar-refractivity contribution in [2.45, 2.75) is 19.8 Å². The van der Waals surface area contributed by atoms with Crippen LogP contribution in [-0.2, 0) is 0 Å². The van der Waals surface area contributed by atoms with Crippen molar-refractivity contribution < 1.29 is 4.79 Å². The highest BCUT2D eigenvalue weighted by Gasteiger charge is 2.16. The molecule has 3 aromatic heterocycles. The Balaban J connectivity index is 1.32. The Morgan fingerprint density at radius 1 is 1.17 bits per heavy atom. The lowest BCUT2D eigenvalue weighted by Crippen LogP contribution is -2.19. The SMILES string of the molecule is Cc1ccc2[nH]ncc2c1NC(=O)c1cnc(Nc2cc(N3CCCC3)ncn2)s1. The van der Waals surface area contributed by atoms with Crippen molar-refractivity contribution in [3.8, 4) is 0 Å². The highest BCUT2D eigenvalue weighted by molar-refractivity contribution is 7.17. The number of benzene rings is 1. The molecule has 0 unspecified atom stereocenters. The zero-order chi connectivity index (χ0) is 20.5. The highest BCUT2D eigenvalue weighted by Crippen LogP contribution is 2.28. The molecule has 152 valence electrons. The lowest BCUT2D eigenvalue weighted by molar-refractivity contribution is 0.103. The van der Waals surface area contributed by atoms with Gasteiger partial charge in [-0.2, -0.15) is 5.10 Å². The monoisotopic (exact) mass is 420 g/mol. The molecule has 10 heteroatoms. The number of aromatic nitrogens is 5. The first kappa shape index (κ1) is 18.5. The van der Waals surface area contributed by atoms with Gasteiger partial charge in [-0.1, -0.05) is 17.4 Å². The molecule has 0 aliphatic carbocycles. The van der Waals surface area contributed by atoms with Gasteiger partial charge in [0.05, 0.1) is 23.6 Å². The molecule has 30 heavy (non-hydrogen) atoms. The van der Waals surface area contributed by atoms with E-state index in [0.29, 0.717) is 15.8 Å². The number of amides is 1. The van der Waals surface area contributed by atoms with Crippen LogP contribution >= 0.6 is 11.3 Å². The Bertz CT molecular complexity index is 1210. The van der Waals surface area contributed by atoms with Gasteiger partial charge in [-0.05, 0) is 31.4 Å². The number of anilines is 4. The number of hydrogen-bond donors (Lipinski definition) is 3. The van der Waals surface area contributed by atoms with Crippen LogP contribution in [-0.4, -0.2) is 44.1 Å². The van der Waals surface area contributed by atoms with Crippen LogP contribution < -0.4 is 15.5 Å². The van der Waals surface area contributed by atoms with E-state index in [1.165, 1.54) is 24.2 Å². The maximum absolute atomic E-state index is 12.8. The molecule has 5 rings (SSSR count). The molecule has 1 aliphatic rings. The Morgan fingerprint density at radius 3 is 2.90 bits per heavy atom. The summed E-state index contributed by atoms with van der Waals surface area (Å²) in [7, 11) is 0. The van der Waals surface area contributed by atoms with E-state index in [9.17, 15) is 4.79 Å². The number of nitrogens with one attached hydrogen (secondary N) is 3. The fourth-order valence-corrected chi connectivity index (χ4v) is 4.27. The Kier molecular flexibility index (Phi) is 4.75. The second kappa shape index (κ2) is 7.71. The van der Waals surface area contributed by atoms with E-state index in [1.807, 2.05) is 25.1 Å². The van der Waals surface area contributed by atoms with Gasteiger partial charge >= 0.3 is 0 Å². The molecule has 1 fully saturated rings. The summed E-state index contributed by atoms with van der Waals surface area (Å²) in [5, 5.41) is 14.6. The zero-order valence-corrected chi connectivity index (χ0v) is 17.2. The van der Waals surface area contributed by atoms with Crippen LogP contribution in [0.4, 0.5) is 22.5 Å². The molecule has 4 heterocycles. The molecule has 9 nitrogen and oxygen atoms in total. The fourth-order valence-electron chi connectivity index (χ4n) is 3.55. The quantitative estimate of drug-likeness (QED) is 0.451. The van der Waals surface area contributed by atoms with Gasteiger partial charge in [-0.3, -0.25) is 9.89 Å². The average Bonchev–Trinajstić information content (AvgIpc) is 3.52. The molecule has 1 saturated heterocycles. The van der Waals surface area contributed by atoms with Crippen LogP contribution in [0.3, 0.4) is 0 Å². The van der Waals surface area contributed by atoms with Crippen molar-refractivity contribution in [1.82, 2.24) is 25.1 Å². The Labute approximate surface area is 176 Å². The van der Waals surface area contributed by atoms with E-state index in [4.69, 9.17) is 0 Å². The second-order valence-corrected chi connectivity index (χ2v) is 8.18. The molecule has 0 spiro atoms. The van der Waals surface area contributed by atoms with Gasteiger partial charge in [0, 0.05) is 24.5 Å². The number of fused-ring (bicyclic) bond motifs is 1. The first-order valence-electron chi connectivity index (χ1n) is 9.71. The van der Waals surface area contributed by atoms with Crippen LogP contribution in [0.2, 0.25) is 0 Å². The molecule has 4 aromatic rings. The summed E-state index contributed by atoms with van der Waals surface area (Å²) in [5.41, 5.74) is 2.59. The normalized spacial score (nSPS) is 13.7. The van der Waals surface area contributed by atoms with Crippen molar-refractivity contribution in [3.05, 3.63) is 47.4 Å². The molecule has 1 aliphatic heterocycles. The molecule has 3 N–H and O–H groups in total. The van der Waals surface area contributed by atoms with Crippen LogP contribution in [0.25, 0.3) is 10.9 Å². The topological polar surface area (TPSA) is 112 Å². The van der Waals surface area contributed by atoms with E-state index in [1.54, 1.807) is 18.7 Å². The van der Waals surface area contributed by atoms with E-state index in [2.05, 4.69) is 40.7 Å². The summed E-state index contributed by atoms with van der Waals surface area (Å²) >= 11 is 1.27. The minimum Gasteiger partial charge on any atom is -0.356 e. The maximum Gasteiger partial charge on any atom is 0.267 e. The van der Waals surface area contributed by atoms with Crippen molar-refractivity contribution in [3.63, 3.8) is 0 Å². The third kappa shape index (κ3) is 3.57. The van der Waals surface area contributed by atoms with Gasteiger partial charge in [0.2, 0.25) is 0 Å². The summed E-state index contributed by atoms with van der Waals surface area (Å²) in [6, 6.07) is 5.80. The van der Waals surface area contributed by atoms with Crippen LogP contribution in [0.1, 0.15) is 28.1 Å². The number of aromatic amines is 1. The number of aryl methyl sites for hydroxylation is 1. The standard InChI is InChI=1S/C20H20N8OS/c1-12-4-5-14-13(9-24-27-14)18(12)26-19(29)15-10-21-20(30-15)25-16-8-17(23-11-22-16)28-6-2-3-7-28/h4-5,8-11H,2-3,6-7H2,1H3,(H,24,27)(H,26,29)(H,21,22,23,25). The highest BCUT2D eigenvalue weighted by atomic mass is 32.1. The smallest absolute Gasteiger partial charge is 0.267 e. The number of hydrogen-bond acceptors (Lipinski definition) is 8. The summed E-state index contributed by atoms with van der Waals surface area (Å²) in [6.07, 6.45) is 7.19. The fraction of sp³-hybridized carbons (Fsp3) is 0.250. The molecule has 0 saturated carbocycles. The van der Waals surface area contributed by atoms with Gasteiger partial charge in [-0.25, -0.2) is 15.0 Å². The summed E-state index contributed by atoms with van der Waals surface area (Å²) in [6.45, 7) is 3.98. The summed E-state index contributed by atoms with van der Waals surface area (Å²) in [5.74, 6) is 1.35. The number of thiazole rings is 1. The van der Waals surface area contributed by atoms with E-state index in [0.717, 1.165) is 41.1 Å². The predicted octanol–water partition coefficient (Wildman–Crippen LogP) is 3.71. The summed E-state index contributed by atoms with van der Waals surface area (Å²) < 4.78 is 0. The van der Waals surface area contributed by atoms with Crippen molar-refractivity contribution in [2.24, 2.45) is 0 Å². The number of rotatable bonds is 5. The number of nitrogens with zero attached hydrogens (tertiary/aromatic N) is 5. The minimum absolute atomic E-state index is 0.210. The summed E-state index contributed by atoms with van der Waals surface area (Å²) in [4.78, 5) is 28.5. The first-order chi connectivity index (χ1) is 14.7. The second-order valence-electron chi connectivity index (χ2n) is 7.15. The van der Waals surface area contributed by atoms with Crippen molar-refractivity contribution in [2.75, 3.05) is 28.6 Å². The number of carbonyl (C=O) groups excluding carboxylic acids is 1. The Morgan fingerprint density at radius 2 is 2.03 bits per heavy atom. The largest absolute Gasteiger partial charge is 0.356 e. The van der Waals surface area contributed by atoms with E-state index in [-0.39, 0.29) is 5.91 Å². The minimum atomic E-state index is -0.210. The molecule has 1 aromatic carbocycles. The van der Waals surface area contributed by atoms with Gasteiger partial charge < -0.3 is 15.5 Å². The lowest BCUT2D eigenvalue weighted by atomic mass is 10.1. The third-order valence-electron chi connectivity index (χ3n) is 5.12. The van der Waals surface area contributed by atoms with Gasteiger partial charge in [0.15, 0.2) is 5.13 Å². The van der Waals surface area contributed by atoms with Crippen LogP contribution in [0.5, 0.6) is 0 Å². The van der Waals surface area contributed by atoms with Gasteiger partial charge in [0.25, 0.3) is 5.91 Å². The third-order valence-corrected chi connectivity index (χ3v) is 6.03. The van der Waals surface area contributed by atoms with Crippen LogP contribution in [0, 0.1) is 6.92 Å². The molecular formula is C20H20N8OS. The zero-order valence-electron chi connectivity index (χ0n) is 16.3. The lowest BCUT2D eigenvalue weighted by Gasteiger charge is -2.16. The number of H-pyrrole nitrogens is 1. The molecule has 0 radical (unpaired) electrons. The molecule has 1 amide bonds. The molecular weight excluding hydrogens is 400 g/mol. The molecule has 0 bridgehead atoms. The average molecular weight is 421 g/mol. The van der Waals surface area contributed by atoms with Crippen molar-refractivity contribution in [1.29, 1.82) is 0 Å².